The Morgan fingerprint density at radius 2 is 1.93 bits per heavy atom. The van der Waals surface area contributed by atoms with Gasteiger partial charge in [0.05, 0.1) is 17.0 Å². The van der Waals surface area contributed by atoms with E-state index in [1.165, 1.54) is 12.1 Å². The molecule has 0 aliphatic rings. The number of hydrogen-bond acceptors (Lipinski definition) is 4. The standard InChI is InChI=1S/C18H20Cl2N2O3S2/c1-4-16(18(23)21-13-6-5-7-14(11-13)26-2)22(27(3,24)25)17-10-12(19)8-9-15(17)20/h5-11,16H,4H2,1-3H3,(H,21,23). The highest BCUT2D eigenvalue weighted by atomic mass is 35.5. The first kappa shape index (κ1) is 21.9. The van der Waals surface area contributed by atoms with Crippen LogP contribution in [-0.4, -0.2) is 32.9 Å². The Hall–Kier alpha value is -1.41. The number of carbonyl (C=O) groups is 1. The number of anilines is 2. The molecule has 0 spiro atoms. The summed E-state index contributed by atoms with van der Waals surface area (Å²) in [6, 6.07) is 10.8. The van der Waals surface area contributed by atoms with Gasteiger partial charge in [-0.15, -0.1) is 11.8 Å². The van der Waals surface area contributed by atoms with E-state index in [1.54, 1.807) is 30.8 Å². The van der Waals surface area contributed by atoms with Gasteiger partial charge >= 0.3 is 0 Å². The number of halogens is 2. The van der Waals surface area contributed by atoms with Crippen molar-refractivity contribution in [3.63, 3.8) is 0 Å². The molecule has 2 aromatic carbocycles. The molecule has 0 aliphatic carbocycles. The van der Waals surface area contributed by atoms with Crippen LogP contribution in [0.4, 0.5) is 11.4 Å². The van der Waals surface area contributed by atoms with Crippen molar-refractivity contribution in [3.8, 4) is 0 Å². The molecular formula is C18H20Cl2N2O3S2. The highest BCUT2D eigenvalue weighted by Gasteiger charge is 2.33. The second-order valence-corrected chi connectivity index (χ2v) is 9.38. The molecule has 146 valence electrons. The SMILES string of the molecule is CCC(C(=O)Nc1cccc(SC)c1)N(c1cc(Cl)ccc1Cl)S(C)(=O)=O. The Morgan fingerprint density at radius 3 is 2.52 bits per heavy atom. The summed E-state index contributed by atoms with van der Waals surface area (Å²) in [6.45, 7) is 1.74. The van der Waals surface area contributed by atoms with Gasteiger partial charge in [0.2, 0.25) is 15.9 Å². The molecule has 9 heteroatoms. The van der Waals surface area contributed by atoms with Crippen molar-refractivity contribution in [1.82, 2.24) is 0 Å². The van der Waals surface area contributed by atoms with Crippen molar-refractivity contribution < 1.29 is 13.2 Å². The summed E-state index contributed by atoms with van der Waals surface area (Å²) in [5.74, 6) is -0.447. The van der Waals surface area contributed by atoms with Crippen LogP contribution in [0.1, 0.15) is 13.3 Å². The highest BCUT2D eigenvalue weighted by molar-refractivity contribution is 7.98. The lowest BCUT2D eigenvalue weighted by molar-refractivity contribution is -0.117. The molecule has 5 nitrogen and oxygen atoms in total. The van der Waals surface area contributed by atoms with Gasteiger partial charge in [0.15, 0.2) is 0 Å². The van der Waals surface area contributed by atoms with Crippen LogP contribution in [-0.2, 0) is 14.8 Å². The van der Waals surface area contributed by atoms with Crippen molar-refractivity contribution in [2.45, 2.75) is 24.3 Å². The number of nitrogens with one attached hydrogen (secondary N) is 1. The van der Waals surface area contributed by atoms with Crippen molar-refractivity contribution in [2.75, 3.05) is 22.1 Å². The molecule has 0 aromatic heterocycles. The third-order valence-electron chi connectivity index (χ3n) is 3.81. The summed E-state index contributed by atoms with van der Waals surface area (Å²) in [7, 11) is -3.79. The zero-order valence-electron chi connectivity index (χ0n) is 15.1. The van der Waals surface area contributed by atoms with Gasteiger partial charge in [0.25, 0.3) is 0 Å². The fourth-order valence-corrected chi connectivity index (χ4v) is 4.72. The molecule has 0 radical (unpaired) electrons. The van der Waals surface area contributed by atoms with E-state index in [9.17, 15) is 13.2 Å². The van der Waals surface area contributed by atoms with Crippen LogP contribution in [0.2, 0.25) is 10.0 Å². The third kappa shape index (κ3) is 5.54. The van der Waals surface area contributed by atoms with Crippen molar-refractivity contribution in [3.05, 3.63) is 52.5 Å². The molecular weight excluding hydrogens is 427 g/mol. The van der Waals surface area contributed by atoms with Gasteiger partial charge in [-0.3, -0.25) is 9.10 Å². The monoisotopic (exact) mass is 446 g/mol. The molecule has 0 saturated heterocycles. The summed E-state index contributed by atoms with van der Waals surface area (Å²) in [5.41, 5.74) is 0.766. The van der Waals surface area contributed by atoms with Gasteiger partial charge in [0, 0.05) is 15.6 Å². The van der Waals surface area contributed by atoms with Crippen LogP contribution in [0, 0.1) is 0 Å². The van der Waals surface area contributed by atoms with E-state index >= 15 is 0 Å². The second-order valence-electron chi connectivity index (χ2n) is 5.80. The first-order valence-electron chi connectivity index (χ1n) is 8.06. The molecule has 1 unspecified atom stereocenters. The van der Waals surface area contributed by atoms with Gasteiger partial charge in [-0.05, 0) is 49.1 Å². The largest absolute Gasteiger partial charge is 0.324 e. The molecule has 0 fully saturated rings. The molecule has 1 atom stereocenters. The Balaban J connectivity index is 2.43. The van der Waals surface area contributed by atoms with Crippen LogP contribution in [0.15, 0.2) is 47.4 Å². The number of hydrogen-bond donors (Lipinski definition) is 1. The fourth-order valence-electron chi connectivity index (χ4n) is 2.62. The Morgan fingerprint density at radius 1 is 1.22 bits per heavy atom. The lowest BCUT2D eigenvalue weighted by atomic mass is 10.1. The minimum Gasteiger partial charge on any atom is -0.324 e. The maximum absolute atomic E-state index is 12.9. The maximum Gasteiger partial charge on any atom is 0.248 e. The summed E-state index contributed by atoms with van der Waals surface area (Å²) in [5, 5.41) is 3.31. The summed E-state index contributed by atoms with van der Waals surface area (Å²) in [4.78, 5) is 13.9. The van der Waals surface area contributed by atoms with E-state index in [-0.39, 0.29) is 17.1 Å². The van der Waals surface area contributed by atoms with Crippen LogP contribution in [0.25, 0.3) is 0 Å². The van der Waals surface area contributed by atoms with E-state index in [2.05, 4.69) is 5.32 Å². The smallest absolute Gasteiger partial charge is 0.248 e. The number of rotatable bonds is 7. The number of sulfonamides is 1. The van der Waals surface area contributed by atoms with Crippen LogP contribution in [0.3, 0.4) is 0 Å². The lowest BCUT2D eigenvalue weighted by Gasteiger charge is -2.30. The molecule has 2 rings (SSSR count). The Labute approximate surface area is 174 Å². The summed E-state index contributed by atoms with van der Waals surface area (Å²) < 4.78 is 26.0. The molecule has 27 heavy (non-hydrogen) atoms. The highest BCUT2D eigenvalue weighted by Crippen LogP contribution is 2.33. The van der Waals surface area contributed by atoms with Crippen LogP contribution >= 0.6 is 35.0 Å². The average molecular weight is 447 g/mol. The zero-order chi connectivity index (χ0) is 20.2. The van der Waals surface area contributed by atoms with Gasteiger partial charge in [-0.2, -0.15) is 0 Å². The quantitative estimate of drug-likeness (QED) is 0.614. The Bertz CT molecular complexity index is 936. The third-order valence-corrected chi connectivity index (χ3v) is 6.26. The predicted octanol–water partition coefficient (Wildman–Crippen LogP) is 4.90. The number of thioether (sulfide) groups is 1. The molecule has 2 aromatic rings. The first-order chi connectivity index (χ1) is 12.7. The predicted molar refractivity (Wildman–Crippen MR) is 115 cm³/mol. The number of nitrogens with zero attached hydrogens (tertiary/aromatic N) is 1. The van der Waals surface area contributed by atoms with E-state index in [0.29, 0.717) is 10.7 Å². The lowest BCUT2D eigenvalue weighted by Crippen LogP contribution is -2.47. The molecule has 0 saturated carbocycles. The number of amides is 1. The van der Waals surface area contributed by atoms with Crippen LogP contribution in [0.5, 0.6) is 0 Å². The fraction of sp³-hybridized carbons (Fsp3) is 0.278. The van der Waals surface area contributed by atoms with Gasteiger partial charge in [-0.1, -0.05) is 36.2 Å². The summed E-state index contributed by atoms with van der Waals surface area (Å²) >= 11 is 13.8. The Kier molecular flexibility index (Phi) is 7.45. The maximum atomic E-state index is 12.9. The summed E-state index contributed by atoms with van der Waals surface area (Å²) in [6.07, 6.45) is 3.22. The van der Waals surface area contributed by atoms with E-state index < -0.39 is 22.0 Å². The van der Waals surface area contributed by atoms with Gasteiger partial charge in [-0.25, -0.2) is 8.42 Å². The minimum atomic E-state index is -3.79. The molecule has 0 aliphatic heterocycles. The van der Waals surface area contributed by atoms with Gasteiger partial charge in [0.1, 0.15) is 6.04 Å². The normalized spacial score (nSPS) is 12.5. The molecule has 1 N–H and O–H groups in total. The second kappa shape index (κ2) is 9.19. The first-order valence-corrected chi connectivity index (χ1v) is 11.9. The number of benzene rings is 2. The van der Waals surface area contributed by atoms with E-state index in [0.717, 1.165) is 15.5 Å². The molecule has 1 amide bonds. The van der Waals surface area contributed by atoms with E-state index in [4.69, 9.17) is 23.2 Å². The van der Waals surface area contributed by atoms with Crippen molar-refractivity contribution in [1.29, 1.82) is 0 Å². The van der Waals surface area contributed by atoms with Crippen molar-refractivity contribution >= 4 is 62.3 Å². The minimum absolute atomic E-state index is 0.173. The van der Waals surface area contributed by atoms with Crippen molar-refractivity contribution in [2.24, 2.45) is 0 Å². The van der Waals surface area contributed by atoms with E-state index in [1.807, 2.05) is 24.5 Å². The zero-order valence-corrected chi connectivity index (χ0v) is 18.2. The number of carbonyl (C=O) groups excluding carboxylic acids is 1. The molecule has 0 bridgehead atoms. The topological polar surface area (TPSA) is 66.5 Å². The van der Waals surface area contributed by atoms with Gasteiger partial charge < -0.3 is 5.32 Å². The average Bonchev–Trinajstić information content (AvgIpc) is 2.61. The molecule has 0 heterocycles. The van der Waals surface area contributed by atoms with Crippen LogP contribution < -0.4 is 9.62 Å².